The van der Waals surface area contributed by atoms with E-state index in [2.05, 4.69) is 20.3 Å². The monoisotopic (exact) mass is 361 g/mol. The summed E-state index contributed by atoms with van der Waals surface area (Å²) in [4.78, 5) is 24.1. The summed E-state index contributed by atoms with van der Waals surface area (Å²) in [5, 5.41) is 2.62. The number of carbonyl (C=O) groups is 1. The van der Waals surface area contributed by atoms with Crippen molar-refractivity contribution in [2.75, 3.05) is 12.4 Å². The molecule has 26 heavy (non-hydrogen) atoms. The molecule has 1 amide bonds. The van der Waals surface area contributed by atoms with Gasteiger partial charge < -0.3 is 15.8 Å². The molecule has 2 atom stereocenters. The van der Waals surface area contributed by atoms with E-state index in [0.717, 1.165) is 0 Å². The first-order valence-electron chi connectivity index (χ1n) is 7.92. The number of hydrogen-bond acceptors (Lipinski definition) is 6. The van der Waals surface area contributed by atoms with Gasteiger partial charge in [-0.3, -0.25) is 9.79 Å². The molecule has 136 valence electrons. The predicted octanol–water partition coefficient (Wildman–Crippen LogP) is 2.41. The molecule has 0 aliphatic carbocycles. The van der Waals surface area contributed by atoms with Crippen molar-refractivity contribution < 1.29 is 18.3 Å². The molecule has 7 nitrogen and oxygen atoms in total. The van der Waals surface area contributed by atoms with E-state index in [4.69, 9.17) is 10.5 Å². The summed E-state index contributed by atoms with van der Waals surface area (Å²) in [5.74, 6) is -0.854. The van der Waals surface area contributed by atoms with Crippen LogP contribution in [0.2, 0.25) is 0 Å². The predicted molar refractivity (Wildman–Crippen MR) is 91.4 cm³/mol. The van der Waals surface area contributed by atoms with E-state index in [1.165, 1.54) is 37.7 Å². The molecular weight excluding hydrogens is 344 g/mol. The highest BCUT2D eigenvalue weighted by Gasteiger charge is 2.25. The van der Waals surface area contributed by atoms with Gasteiger partial charge in [-0.2, -0.15) is 0 Å². The van der Waals surface area contributed by atoms with Crippen molar-refractivity contribution in [3.63, 3.8) is 0 Å². The Labute approximate surface area is 148 Å². The number of anilines is 1. The van der Waals surface area contributed by atoms with E-state index < -0.39 is 23.9 Å². The standard InChI is InChI=1S/C17H17F2N5O2/c1-26-15-8-21-14(7-22-15)17(25)23-9-2-3-11(18)10(6-9)13-5-4-12(19)16(20)24-13/h2-3,6-8,12-13H,4-5H2,1H3,(H2,20,24)(H,23,25). The quantitative estimate of drug-likeness (QED) is 0.871. The third kappa shape index (κ3) is 3.76. The number of alkyl halides is 1. The van der Waals surface area contributed by atoms with Crippen molar-refractivity contribution >= 4 is 17.4 Å². The molecule has 1 aliphatic rings. The van der Waals surface area contributed by atoms with Crippen LogP contribution in [0.3, 0.4) is 0 Å². The largest absolute Gasteiger partial charge is 0.480 e. The van der Waals surface area contributed by atoms with Crippen LogP contribution in [0, 0.1) is 5.82 Å². The number of aliphatic imine (C=N–C) groups is 1. The molecule has 1 aliphatic heterocycles. The Kier molecular flexibility index (Phi) is 5.06. The molecule has 2 aromatic rings. The van der Waals surface area contributed by atoms with Crippen LogP contribution in [0.15, 0.2) is 35.6 Å². The Morgan fingerprint density at radius 1 is 1.31 bits per heavy atom. The molecule has 0 bridgehead atoms. The first-order chi connectivity index (χ1) is 12.5. The van der Waals surface area contributed by atoms with E-state index in [1.807, 2.05) is 0 Å². The van der Waals surface area contributed by atoms with Gasteiger partial charge in [0.2, 0.25) is 5.88 Å². The number of ether oxygens (including phenoxy) is 1. The van der Waals surface area contributed by atoms with Crippen LogP contribution in [0.5, 0.6) is 5.88 Å². The first kappa shape index (κ1) is 17.7. The van der Waals surface area contributed by atoms with Crippen LogP contribution in [0.25, 0.3) is 0 Å². The molecule has 2 heterocycles. The van der Waals surface area contributed by atoms with Gasteiger partial charge in [0.25, 0.3) is 5.91 Å². The van der Waals surface area contributed by atoms with Gasteiger partial charge in [-0.15, -0.1) is 0 Å². The summed E-state index contributed by atoms with van der Waals surface area (Å²) in [6, 6.07) is 3.52. The number of rotatable bonds is 4. The number of methoxy groups -OCH3 is 1. The van der Waals surface area contributed by atoms with Crippen LogP contribution < -0.4 is 15.8 Å². The maximum Gasteiger partial charge on any atom is 0.275 e. The fourth-order valence-electron chi connectivity index (χ4n) is 2.61. The molecule has 2 unspecified atom stereocenters. The maximum absolute atomic E-state index is 14.2. The molecule has 0 fully saturated rings. The fraction of sp³-hybridized carbons (Fsp3) is 0.294. The summed E-state index contributed by atoms with van der Waals surface area (Å²) >= 11 is 0. The maximum atomic E-state index is 14.2. The number of amidine groups is 1. The van der Waals surface area contributed by atoms with Crippen molar-refractivity contribution in [1.82, 2.24) is 9.97 Å². The summed E-state index contributed by atoms with van der Waals surface area (Å²) in [6.07, 6.45) is 1.80. The molecule has 0 spiro atoms. The topological polar surface area (TPSA) is 102 Å². The zero-order chi connectivity index (χ0) is 18.7. The van der Waals surface area contributed by atoms with Gasteiger partial charge in [-0.1, -0.05) is 0 Å². The van der Waals surface area contributed by atoms with Crippen LogP contribution in [-0.2, 0) is 0 Å². The van der Waals surface area contributed by atoms with Gasteiger partial charge in [0.15, 0.2) is 6.17 Å². The number of carbonyl (C=O) groups excluding carboxylic acids is 1. The summed E-state index contributed by atoms with van der Waals surface area (Å²) < 4.78 is 32.5. The second-order valence-corrected chi connectivity index (χ2v) is 5.75. The van der Waals surface area contributed by atoms with Crippen LogP contribution >= 0.6 is 0 Å². The van der Waals surface area contributed by atoms with Crippen LogP contribution in [0.4, 0.5) is 14.5 Å². The number of nitrogens with one attached hydrogen (secondary N) is 1. The van der Waals surface area contributed by atoms with Gasteiger partial charge in [0, 0.05) is 11.3 Å². The summed E-state index contributed by atoms with van der Waals surface area (Å²) in [7, 11) is 1.44. The minimum atomic E-state index is -1.30. The highest BCUT2D eigenvalue weighted by atomic mass is 19.1. The average Bonchev–Trinajstić information content (AvgIpc) is 2.65. The molecule has 3 N–H and O–H groups in total. The Hall–Kier alpha value is -3.10. The van der Waals surface area contributed by atoms with E-state index >= 15 is 0 Å². The average molecular weight is 361 g/mol. The van der Waals surface area contributed by atoms with Crippen LogP contribution in [-0.4, -0.2) is 35.0 Å². The van der Waals surface area contributed by atoms with E-state index in [-0.39, 0.29) is 29.4 Å². The number of amides is 1. The second kappa shape index (κ2) is 7.42. The van der Waals surface area contributed by atoms with E-state index in [0.29, 0.717) is 12.1 Å². The molecule has 3 rings (SSSR count). The second-order valence-electron chi connectivity index (χ2n) is 5.75. The number of nitrogens with two attached hydrogens (primary N) is 1. The van der Waals surface area contributed by atoms with Gasteiger partial charge in [0.05, 0.1) is 25.5 Å². The zero-order valence-electron chi connectivity index (χ0n) is 13.9. The third-order valence-electron chi connectivity index (χ3n) is 4.00. The number of nitrogens with zero attached hydrogens (tertiary/aromatic N) is 3. The van der Waals surface area contributed by atoms with Crippen molar-refractivity contribution in [2.24, 2.45) is 10.7 Å². The van der Waals surface area contributed by atoms with E-state index in [1.54, 1.807) is 0 Å². The van der Waals surface area contributed by atoms with Crippen LogP contribution in [0.1, 0.15) is 34.9 Å². The Bertz CT molecular complexity index is 842. The zero-order valence-corrected chi connectivity index (χ0v) is 13.9. The SMILES string of the molecule is COc1cnc(C(=O)Nc2ccc(F)c(C3CCC(F)C(N)=N3)c2)cn1. The Balaban J connectivity index is 1.80. The molecule has 0 saturated carbocycles. The lowest BCUT2D eigenvalue weighted by Gasteiger charge is -2.22. The number of hydrogen-bond donors (Lipinski definition) is 2. The van der Waals surface area contributed by atoms with Crippen molar-refractivity contribution in [2.45, 2.75) is 25.1 Å². The molecule has 0 radical (unpaired) electrons. The third-order valence-corrected chi connectivity index (χ3v) is 4.00. The van der Waals surface area contributed by atoms with Gasteiger partial charge in [-0.05, 0) is 31.0 Å². The highest BCUT2D eigenvalue weighted by molar-refractivity contribution is 6.02. The lowest BCUT2D eigenvalue weighted by Crippen LogP contribution is -2.30. The van der Waals surface area contributed by atoms with Crippen molar-refractivity contribution in [3.05, 3.63) is 47.7 Å². The smallest absolute Gasteiger partial charge is 0.275 e. The van der Waals surface area contributed by atoms with Crippen molar-refractivity contribution in [1.29, 1.82) is 0 Å². The Morgan fingerprint density at radius 2 is 2.12 bits per heavy atom. The summed E-state index contributed by atoms with van der Waals surface area (Å²) in [5.41, 5.74) is 6.22. The minimum Gasteiger partial charge on any atom is -0.480 e. The number of benzene rings is 1. The highest BCUT2D eigenvalue weighted by Crippen LogP contribution is 2.32. The molecule has 9 heteroatoms. The first-order valence-corrected chi connectivity index (χ1v) is 7.92. The molecular formula is C17H17F2N5O2. The van der Waals surface area contributed by atoms with Gasteiger partial charge in [0.1, 0.15) is 17.3 Å². The van der Waals surface area contributed by atoms with Crippen molar-refractivity contribution in [3.8, 4) is 5.88 Å². The normalized spacial score (nSPS) is 19.6. The minimum absolute atomic E-state index is 0.0804. The van der Waals surface area contributed by atoms with E-state index in [9.17, 15) is 13.6 Å². The number of aromatic nitrogens is 2. The molecule has 1 aromatic carbocycles. The fourth-order valence-corrected chi connectivity index (χ4v) is 2.61. The summed E-state index contributed by atoms with van der Waals surface area (Å²) in [6.45, 7) is 0. The lowest BCUT2D eigenvalue weighted by molar-refractivity contribution is 0.102. The molecule has 0 saturated heterocycles. The Morgan fingerprint density at radius 3 is 2.77 bits per heavy atom. The number of halogens is 2. The van der Waals surface area contributed by atoms with Gasteiger partial charge in [-0.25, -0.2) is 18.7 Å². The molecule has 1 aromatic heterocycles. The lowest BCUT2D eigenvalue weighted by atomic mass is 9.97. The van der Waals surface area contributed by atoms with Gasteiger partial charge >= 0.3 is 0 Å².